The fourth-order valence-corrected chi connectivity index (χ4v) is 4.19. The van der Waals surface area contributed by atoms with E-state index < -0.39 is 11.0 Å². The first-order chi connectivity index (χ1) is 18.8. The molecule has 2 amide bonds. The summed E-state index contributed by atoms with van der Waals surface area (Å²) in [6, 6.07) is 20.6. The molecule has 3 rings (SSSR count). The predicted octanol–water partition coefficient (Wildman–Crippen LogP) is 4.85. The molecule has 0 heterocycles. The van der Waals surface area contributed by atoms with Crippen molar-refractivity contribution in [3.05, 3.63) is 99.6 Å². The first-order valence-electron chi connectivity index (χ1n) is 12.9. The summed E-state index contributed by atoms with van der Waals surface area (Å²) >= 11 is 0. The van der Waals surface area contributed by atoms with E-state index in [1.165, 1.54) is 25.3 Å². The van der Waals surface area contributed by atoms with Gasteiger partial charge in [-0.3, -0.25) is 19.7 Å². The maximum absolute atomic E-state index is 13.7. The Bertz CT molecular complexity index is 1260. The van der Waals surface area contributed by atoms with Gasteiger partial charge in [0.1, 0.15) is 11.8 Å². The van der Waals surface area contributed by atoms with Crippen LogP contribution in [0.1, 0.15) is 36.5 Å². The minimum absolute atomic E-state index is 0.0267. The summed E-state index contributed by atoms with van der Waals surface area (Å²) in [5.74, 6) is -0.349. The van der Waals surface area contributed by atoms with Gasteiger partial charge in [0.15, 0.2) is 6.61 Å². The summed E-state index contributed by atoms with van der Waals surface area (Å²) in [6.07, 6.45) is 2.10. The Labute approximate surface area is 228 Å². The van der Waals surface area contributed by atoms with Crippen LogP contribution in [0.2, 0.25) is 0 Å². The Morgan fingerprint density at radius 2 is 1.77 bits per heavy atom. The van der Waals surface area contributed by atoms with Gasteiger partial charge in [0.2, 0.25) is 11.7 Å². The summed E-state index contributed by atoms with van der Waals surface area (Å²) < 4.78 is 10.8. The highest BCUT2D eigenvalue weighted by Crippen LogP contribution is 2.30. The van der Waals surface area contributed by atoms with Gasteiger partial charge in [0.05, 0.1) is 12.0 Å². The molecule has 1 atom stereocenters. The largest absolute Gasteiger partial charge is 0.490 e. The highest BCUT2D eigenvalue weighted by Gasteiger charge is 2.30. The standard InChI is InChI=1S/C30H35N3O6/c1-4-5-16-31-30(35)27(18-23-11-7-6-8-12-23)32(20-24-13-9-10-22(2)17-24)29(34)21-39-25-14-15-26(33(36)37)28(19-25)38-3/h6-15,17,19,27H,4-5,16,18,20-21H2,1-3H3,(H,31,35)/t27-/m0/s1. The van der Waals surface area contributed by atoms with Gasteiger partial charge in [-0.05, 0) is 30.5 Å². The van der Waals surface area contributed by atoms with Crippen LogP contribution in [0.3, 0.4) is 0 Å². The van der Waals surface area contributed by atoms with Crippen molar-refractivity contribution in [2.24, 2.45) is 0 Å². The summed E-state index contributed by atoms with van der Waals surface area (Å²) in [7, 11) is 1.33. The van der Waals surface area contributed by atoms with Crippen molar-refractivity contribution in [3.8, 4) is 11.5 Å². The van der Waals surface area contributed by atoms with E-state index in [9.17, 15) is 19.7 Å². The van der Waals surface area contributed by atoms with E-state index in [1.807, 2.05) is 68.4 Å². The van der Waals surface area contributed by atoms with Crippen molar-refractivity contribution in [2.75, 3.05) is 20.3 Å². The van der Waals surface area contributed by atoms with Crippen LogP contribution in [0.25, 0.3) is 0 Å². The van der Waals surface area contributed by atoms with Gasteiger partial charge in [-0.15, -0.1) is 0 Å². The Balaban J connectivity index is 1.90. The number of carbonyl (C=O) groups excluding carboxylic acids is 2. The number of methoxy groups -OCH3 is 1. The summed E-state index contributed by atoms with van der Waals surface area (Å²) in [4.78, 5) is 39.3. The molecule has 0 spiro atoms. The molecule has 0 aliphatic heterocycles. The fraction of sp³-hybridized carbons (Fsp3) is 0.333. The number of nitro groups is 1. The number of benzene rings is 3. The Kier molecular flexibility index (Phi) is 10.9. The Morgan fingerprint density at radius 1 is 1.03 bits per heavy atom. The highest BCUT2D eigenvalue weighted by molar-refractivity contribution is 5.88. The van der Waals surface area contributed by atoms with E-state index in [0.29, 0.717) is 13.0 Å². The van der Waals surface area contributed by atoms with Crippen molar-refractivity contribution >= 4 is 17.5 Å². The minimum Gasteiger partial charge on any atom is -0.490 e. The molecule has 0 aliphatic carbocycles. The van der Waals surface area contributed by atoms with Gasteiger partial charge < -0.3 is 19.7 Å². The number of carbonyl (C=O) groups is 2. The quantitative estimate of drug-likeness (QED) is 0.180. The number of ether oxygens (including phenoxy) is 2. The number of nitrogens with one attached hydrogen (secondary N) is 1. The molecule has 0 radical (unpaired) electrons. The fourth-order valence-electron chi connectivity index (χ4n) is 4.19. The number of hydrogen-bond acceptors (Lipinski definition) is 6. The predicted molar refractivity (Wildman–Crippen MR) is 149 cm³/mol. The zero-order valence-electron chi connectivity index (χ0n) is 22.6. The molecule has 0 fully saturated rings. The molecule has 9 heteroatoms. The second-order valence-corrected chi connectivity index (χ2v) is 9.24. The zero-order chi connectivity index (χ0) is 28.2. The topological polar surface area (TPSA) is 111 Å². The molecule has 0 aliphatic rings. The molecule has 0 saturated carbocycles. The average molecular weight is 534 g/mol. The third-order valence-corrected chi connectivity index (χ3v) is 6.25. The minimum atomic E-state index is -0.771. The average Bonchev–Trinajstić information content (AvgIpc) is 2.94. The number of nitrogens with zero attached hydrogens (tertiary/aromatic N) is 2. The van der Waals surface area contributed by atoms with E-state index in [4.69, 9.17) is 9.47 Å². The molecule has 3 aromatic carbocycles. The maximum atomic E-state index is 13.7. The molecule has 3 aromatic rings. The second-order valence-electron chi connectivity index (χ2n) is 9.24. The van der Waals surface area contributed by atoms with E-state index in [0.717, 1.165) is 29.5 Å². The van der Waals surface area contributed by atoms with Crippen molar-refractivity contribution in [2.45, 2.75) is 45.7 Å². The summed E-state index contributed by atoms with van der Waals surface area (Å²) in [5.41, 5.74) is 2.65. The van der Waals surface area contributed by atoms with Gasteiger partial charge in [0.25, 0.3) is 5.91 Å². The third-order valence-electron chi connectivity index (χ3n) is 6.25. The SMILES string of the molecule is CCCCNC(=O)[C@H](Cc1ccccc1)N(Cc1cccc(C)c1)C(=O)COc1ccc([N+](=O)[O-])c(OC)c1. The van der Waals surface area contributed by atoms with Crippen LogP contribution in [-0.2, 0) is 22.6 Å². The summed E-state index contributed by atoms with van der Waals surface area (Å²) in [5, 5.41) is 14.2. The van der Waals surface area contributed by atoms with Crippen molar-refractivity contribution in [1.29, 1.82) is 0 Å². The van der Waals surface area contributed by atoms with Crippen molar-refractivity contribution in [3.63, 3.8) is 0 Å². The number of amides is 2. The molecule has 1 N–H and O–H groups in total. The van der Waals surface area contributed by atoms with Crippen LogP contribution in [0.4, 0.5) is 5.69 Å². The number of rotatable bonds is 14. The van der Waals surface area contributed by atoms with Crippen LogP contribution >= 0.6 is 0 Å². The maximum Gasteiger partial charge on any atom is 0.311 e. The van der Waals surface area contributed by atoms with Crippen molar-refractivity contribution < 1.29 is 24.0 Å². The number of aryl methyl sites for hydroxylation is 1. The Hall–Kier alpha value is -4.40. The smallest absolute Gasteiger partial charge is 0.311 e. The molecule has 0 unspecified atom stereocenters. The normalized spacial score (nSPS) is 11.4. The lowest BCUT2D eigenvalue weighted by Crippen LogP contribution is -2.51. The van der Waals surface area contributed by atoms with E-state index in [2.05, 4.69) is 5.32 Å². The lowest BCUT2D eigenvalue weighted by Gasteiger charge is -2.31. The van der Waals surface area contributed by atoms with Gasteiger partial charge in [0, 0.05) is 31.6 Å². The molecule has 39 heavy (non-hydrogen) atoms. The van der Waals surface area contributed by atoms with E-state index in [1.54, 1.807) is 4.90 Å². The molecular weight excluding hydrogens is 498 g/mol. The first-order valence-corrected chi connectivity index (χ1v) is 12.9. The van der Waals surface area contributed by atoms with Crippen LogP contribution in [0.5, 0.6) is 11.5 Å². The highest BCUT2D eigenvalue weighted by atomic mass is 16.6. The third kappa shape index (κ3) is 8.56. The number of hydrogen-bond donors (Lipinski definition) is 1. The second kappa shape index (κ2) is 14.5. The van der Waals surface area contributed by atoms with Crippen LogP contribution in [-0.4, -0.2) is 47.9 Å². The molecule has 206 valence electrons. The van der Waals surface area contributed by atoms with Gasteiger partial charge in [-0.2, -0.15) is 0 Å². The molecular formula is C30H35N3O6. The molecule has 9 nitrogen and oxygen atoms in total. The van der Waals surface area contributed by atoms with Crippen molar-refractivity contribution in [1.82, 2.24) is 10.2 Å². The van der Waals surface area contributed by atoms with Crippen LogP contribution in [0.15, 0.2) is 72.8 Å². The molecule has 0 aromatic heterocycles. The van der Waals surface area contributed by atoms with Gasteiger partial charge in [-0.1, -0.05) is 73.5 Å². The van der Waals surface area contributed by atoms with Gasteiger partial charge >= 0.3 is 5.69 Å². The zero-order valence-corrected chi connectivity index (χ0v) is 22.6. The van der Waals surface area contributed by atoms with Gasteiger partial charge in [-0.25, -0.2) is 0 Å². The first kappa shape index (κ1) is 29.2. The lowest BCUT2D eigenvalue weighted by molar-refractivity contribution is -0.385. The number of nitro benzene ring substituents is 1. The molecule has 0 bridgehead atoms. The van der Waals surface area contributed by atoms with E-state index in [-0.39, 0.29) is 42.2 Å². The van der Waals surface area contributed by atoms with Crippen LogP contribution in [0, 0.1) is 17.0 Å². The van der Waals surface area contributed by atoms with Crippen LogP contribution < -0.4 is 14.8 Å². The molecule has 0 saturated heterocycles. The summed E-state index contributed by atoms with van der Waals surface area (Å²) in [6.45, 7) is 4.39. The Morgan fingerprint density at radius 3 is 2.44 bits per heavy atom. The number of unbranched alkanes of at least 4 members (excludes halogenated alkanes) is 1. The van der Waals surface area contributed by atoms with E-state index >= 15 is 0 Å². The monoisotopic (exact) mass is 533 g/mol. The lowest BCUT2D eigenvalue weighted by atomic mass is 10.0.